The molecule has 0 unspecified atom stereocenters. The Labute approximate surface area is 101 Å². The first-order chi connectivity index (χ1) is 8.30. The van der Waals surface area contributed by atoms with Crippen LogP contribution in [0.4, 0.5) is 0 Å². The fraction of sp³-hybridized carbons (Fsp3) is 0.308. The zero-order valence-corrected chi connectivity index (χ0v) is 10.2. The first kappa shape index (κ1) is 11.7. The molecule has 0 spiro atoms. The highest BCUT2D eigenvalue weighted by molar-refractivity contribution is 5.69. The van der Waals surface area contributed by atoms with Gasteiger partial charge in [0.15, 0.2) is 0 Å². The van der Waals surface area contributed by atoms with E-state index in [0.29, 0.717) is 6.54 Å². The van der Waals surface area contributed by atoms with Gasteiger partial charge in [0.1, 0.15) is 11.6 Å². The Morgan fingerprint density at radius 2 is 2.12 bits per heavy atom. The van der Waals surface area contributed by atoms with Crippen molar-refractivity contribution in [3.63, 3.8) is 0 Å². The molecule has 90 valence electrons. The number of H-pyrrole nitrogens is 1. The van der Waals surface area contributed by atoms with Crippen LogP contribution in [0.5, 0.6) is 5.75 Å². The van der Waals surface area contributed by atoms with Crippen LogP contribution in [-0.2, 0) is 13.0 Å². The molecule has 0 saturated heterocycles. The molecule has 0 aliphatic heterocycles. The average Bonchev–Trinajstić information content (AvgIpc) is 2.81. The number of hydrogen-bond donors (Lipinski definition) is 2. The highest BCUT2D eigenvalue weighted by Gasteiger charge is 2.13. The van der Waals surface area contributed by atoms with Crippen LogP contribution in [0, 0.1) is 0 Å². The predicted molar refractivity (Wildman–Crippen MR) is 67.8 cm³/mol. The summed E-state index contributed by atoms with van der Waals surface area (Å²) in [6, 6.07) is 7.87. The summed E-state index contributed by atoms with van der Waals surface area (Å²) in [6.07, 6.45) is 0.889. The van der Waals surface area contributed by atoms with Crippen molar-refractivity contribution >= 4 is 0 Å². The fourth-order valence-corrected chi connectivity index (χ4v) is 1.88. The number of nitrogens with zero attached hydrogens (tertiary/aromatic N) is 1. The van der Waals surface area contributed by atoms with E-state index in [9.17, 15) is 0 Å². The van der Waals surface area contributed by atoms with E-state index >= 15 is 0 Å². The molecule has 17 heavy (non-hydrogen) atoms. The first-order valence-corrected chi connectivity index (χ1v) is 5.71. The molecule has 1 aromatic carbocycles. The molecule has 0 fully saturated rings. The largest absolute Gasteiger partial charge is 0.496 e. The summed E-state index contributed by atoms with van der Waals surface area (Å²) in [5.74, 6) is 1.64. The number of rotatable bonds is 4. The molecule has 0 amide bonds. The third-order valence-corrected chi connectivity index (χ3v) is 2.74. The minimum atomic E-state index is 0.419. The maximum atomic E-state index is 5.61. The zero-order chi connectivity index (χ0) is 12.3. The van der Waals surface area contributed by atoms with Gasteiger partial charge in [0, 0.05) is 11.3 Å². The Morgan fingerprint density at radius 3 is 2.76 bits per heavy atom. The predicted octanol–water partition coefficient (Wildman–Crippen LogP) is 2.11. The van der Waals surface area contributed by atoms with Crippen LogP contribution in [0.25, 0.3) is 11.3 Å². The van der Waals surface area contributed by atoms with Gasteiger partial charge in [-0.1, -0.05) is 19.1 Å². The summed E-state index contributed by atoms with van der Waals surface area (Å²) in [5.41, 5.74) is 8.64. The second-order valence-electron chi connectivity index (χ2n) is 3.77. The van der Waals surface area contributed by atoms with Crippen molar-refractivity contribution < 1.29 is 4.74 Å². The first-order valence-electron chi connectivity index (χ1n) is 5.71. The van der Waals surface area contributed by atoms with E-state index in [1.165, 1.54) is 0 Å². The average molecular weight is 231 g/mol. The topological polar surface area (TPSA) is 63.9 Å². The van der Waals surface area contributed by atoms with Gasteiger partial charge in [-0.2, -0.15) is 0 Å². The Kier molecular flexibility index (Phi) is 3.44. The number of nitrogens with one attached hydrogen (secondary N) is 1. The van der Waals surface area contributed by atoms with Crippen LogP contribution < -0.4 is 10.5 Å². The van der Waals surface area contributed by atoms with Crippen LogP contribution in [0.2, 0.25) is 0 Å². The van der Waals surface area contributed by atoms with Crippen molar-refractivity contribution in [2.24, 2.45) is 5.73 Å². The molecule has 0 bridgehead atoms. The molecule has 3 N–H and O–H groups in total. The lowest BCUT2D eigenvalue weighted by molar-refractivity contribution is 0.416. The van der Waals surface area contributed by atoms with Gasteiger partial charge in [-0.3, -0.25) is 0 Å². The Bertz CT molecular complexity index is 505. The van der Waals surface area contributed by atoms with Gasteiger partial charge in [-0.05, 0) is 18.6 Å². The van der Waals surface area contributed by atoms with Gasteiger partial charge < -0.3 is 15.5 Å². The molecule has 2 aromatic rings. The van der Waals surface area contributed by atoms with Crippen molar-refractivity contribution in [2.75, 3.05) is 7.11 Å². The number of benzene rings is 1. The monoisotopic (exact) mass is 231 g/mol. The van der Waals surface area contributed by atoms with Crippen LogP contribution in [0.1, 0.15) is 18.4 Å². The van der Waals surface area contributed by atoms with Crippen LogP contribution in [-0.4, -0.2) is 17.1 Å². The third-order valence-electron chi connectivity index (χ3n) is 2.74. The summed E-state index contributed by atoms with van der Waals surface area (Å²) in [5, 5.41) is 0. The molecule has 0 atom stereocenters. The maximum Gasteiger partial charge on any atom is 0.128 e. The second-order valence-corrected chi connectivity index (χ2v) is 3.77. The molecular weight excluding hydrogens is 214 g/mol. The Morgan fingerprint density at radius 1 is 1.35 bits per heavy atom. The normalized spacial score (nSPS) is 10.5. The number of methoxy groups -OCH3 is 1. The van der Waals surface area contributed by atoms with E-state index in [1.807, 2.05) is 24.3 Å². The van der Waals surface area contributed by atoms with Gasteiger partial charge >= 0.3 is 0 Å². The molecule has 2 rings (SSSR count). The van der Waals surface area contributed by atoms with Crippen LogP contribution in [0.15, 0.2) is 24.3 Å². The summed E-state index contributed by atoms with van der Waals surface area (Å²) in [7, 11) is 1.67. The van der Waals surface area contributed by atoms with Gasteiger partial charge in [-0.15, -0.1) is 0 Å². The van der Waals surface area contributed by atoms with E-state index in [-0.39, 0.29) is 0 Å². The van der Waals surface area contributed by atoms with Crippen molar-refractivity contribution in [1.29, 1.82) is 0 Å². The number of aryl methyl sites for hydroxylation is 1. The lowest BCUT2D eigenvalue weighted by Gasteiger charge is -2.06. The van der Waals surface area contributed by atoms with Crippen molar-refractivity contribution in [3.05, 3.63) is 35.8 Å². The van der Waals surface area contributed by atoms with Crippen molar-refractivity contribution in [1.82, 2.24) is 9.97 Å². The second kappa shape index (κ2) is 5.01. The molecule has 0 radical (unpaired) electrons. The smallest absolute Gasteiger partial charge is 0.128 e. The van der Waals surface area contributed by atoms with Gasteiger partial charge in [0.05, 0.1) is 19.3 Å². The number of ether oxygens (including phenoxy) is 1. The van der Waals surface area contributed by atoms with Gasteiger partial charge in [0.25, 0.3) is 0 Å². The third kappa shape index (κ3) is 2.17. The summed E-state index contributed by atoms with van der Waals surface area (Å²) >= 11 is 0. The van der Waals surface area contributed by atoms with Crippen LogP contribution in [0.3, 0.4) is 0 Å². The zero-order valence-electron chi connectivity index (χ0n) is 10.2. The van der Waals surface area contributed by atoms with E-state index in [2.05, 4.69) is 16.9 Å². The molecule has 4 nitrogen and oxygen atoms in total. The lowest BCUT2D eigenvalue weighted by Crippen LogP contribution is -1.98. The SMILES string of the molecule is CCc1[nH]c(CN)nc1-c1ccccc1OC. The number of aromatic amines is 1. The molecule has 0 aliphatic rings. The molecular formula is C13H17N3O. The molecule has 1 aromatic heterocycles. The Hall–Kier alpha value is -1.81. The summed E-state index contributed by atoms with van der Waals surface area (Å²) in [6.45, 7) is 2.51. The fourth-order valence-electron chi connectivity index (χ4n) is 1.88. The number of para-hydroxylation sites is 1. The van der Waals surface area contributed by atoms with Crippen molar-refractivity contribution in [3.8, 4) is 17.0 Å². The highest BCUT2D eigenvalue weighted by atomic mass is 16.5. The maximum absolute atomic E-state index is 5.61. The standard InChI is InChI=1S/C13H17N3O/c1-3-10-13(16-12(8-14)15-10)9-6-4-5-7-11(9)17-2/h4-7H,3,8,14H2,1-2H3,(H,15,16). The van der Waals surface area contributed by atoms with Crippen LogP contribution >= 0.6 is 0 Å². The number of hydrogen-bond acceptors (Lipinski definition) is 3. The van der Waals surface area contributed by atoms with E-state index < -0.39 is 0 Å². The number of nitrogens with two attached hydrogens (primary N) is 1. The molecule has 4 heteroatoms. The molecule has 1 heterocycles. The minimum Gasteiger partial charge on any atom is -0.496 e. The number of imidazole rings is 1. The molecule has 0 aliphatic carbocycles. The minimum absolute atomic E-state index is 0.419. The van der Waals surface area contributed by atoms with E-state index in [4.69, 9.17) is 10.5 Å². The van der Waals surface area contributed by atoms with Gasteiger partial charge in [-0.25, -0.2) is 4.98 Å². The Balaban J connectivity index is 2.54. The van der Waals surface area contributed by atoms with E-state index in [0.717, 1.165) is 34.9 Å². The number of aromatic nitrogens is 2. The quantitative estimate of drug-likeness (QED) is 0.847. The van der Waals surface area contributed by atoms with Crippen molar-refractivity contribution in [2.45, 2.75) is 19.9 Å². The highest BCUT2D eigenvalue weighted by Crippen LogP contribution is 2.30. The van der Waals surface area contributed by atoms with Gasteiger partial charge in [0.2, 0.25) is 0 Å². The molecule has 0 saturated carbocycles. The lowest BCUT2D eigenvalue weighted by atomic mass is 10.1. The van der Waals surface area contributed by atoms with E-state index in [1.54, 1.807) is 7.11 Å². The summed E-state index contributed by atoms with van der Waals surface area (Å²) in [4.78, 5) is 7.76. The summed E-state index contributed by atoms with van der Waals surface area (Å²) < 4.78 is 5.36.